The van der Waals surface area contributed by atoms with Crippen LogP contribution in [0.5, 0.6) is 0 Å². The molecule has 0 N–H and O–H groups in total. The Bertz CT molecular complexity index is 3650. The number of aryl methyl sites for hydroxylation is 2. The third-order valence-corrected chi connectivity index (χ3v) is 19.2. The second-order valence-corrected chi connectivity index (χ2v) is 22.0. The lowest BCUT2D eigenvalue weighted by molar-refractivity contribution is 0.490. The fourth-order valence-corrected chi connectivity index (χ4v) is 14.9. The monoisotopic (exact) mass is 943 g/mol. The quantitative estimate of drug-likeness (QED) is 0.128. The molecule has 358 valence electrons. The van der Waals surface area contributed by atoms with E-state index in [4.69, 9.17) is 0 Å². The minimum absolute atomic E-state index is 0.0460. The maximum Gasteiger partial charge on any atom is 0.0210 e. The summed E-state index contributed by atoms with van der Waals surface area (Å²) in [6, 6.07) is 71.3. The summed E-state index contributed by atoms with van der Waals surface area (Å²) < 4.78 is 0. The maximum absolute atomic E-state index is 2.57. The Morgan fingerprint density at radius 3 is 0.699 bits per heavy atom. The molecule has 0 spiro atoms. The van der Waals surface area contributed by atoms with Crippen LogP contribution in [-0.4, -0.2) is 0 Å². The molecule has 0 heteroatoms. The Morgan fingerprint density at radius 1 is 0.233 bits per heavy atom. The number of hydrogen-bond acceptors (Lipinski definition) is 0. The average molecular weight is 943 g/mol. The number of hydrogen-bond donors (Lipinski definition) is 0. The van der Waals surface area contributed by atoms with Crippen LogP contribution in [0.15, 0.2) is 182 Å². The summed E-state index contributed by atoms with van der Waals surface area (Å²) in [7, 11) is 0. The summed E-state index contributed by atoms with van der Waals surface area (Å²) in [6.07, 6.45) is 6.35. The Hall–Kier alpha value is -7.28. The van der Waals surface area contributed by atoms with Gasteiger partial charge in [0, 0.05) is 16.2 Å². The molecule has 3 aliphatic carbocycles. The van der Waals surface area contributed by atoms with Crippen LogP contribution in [0.1, 0.15) is 125 Å². The van der Waals surface area contributed by atoms with Crippen molar-refractivity contribution in [3.8, 4) is 77.9 Å². The van der Waals surface area contributed by atoms with Gasteiger partial charge in [-0.25, -0.2) is 0 Å². The summed E-state index contributed by atoms with van der Waals surface area (Å²) in [6.45, 7) is 19.0. The lowest BCUT2D eigenvalue weighted by Gasteiger charge is -2.31. The predicted molar refractivity (Wildman–Crippen MR) is 313 cm³/mol. The molecular formula is C73H66. The minimum atomic E-state index is -0.0710. The minimum Gasteiger partial charge on any atom is -0.0642 e. The van der Waals surface area contributed by atoms with Gasteiger partial charge in [-0.2, -0.15) is 0 Å². The van der Waals surface area contributed by atoms with E-state index in [9.17, 15) is 0 Å². The first-order valence-electron chi connectivity index (χ1n) is 27.5. The standard InChI is InChI=1S/C73H66/c1-9-71(10-2)65-39-51(53-25-31-59-61-33-27-55(43-69(61)72(11-3,12-4)67(59)41-53)63-37-49-21-17-15-19-47(49)35-45(63)7)23-29-57(65)58-30-24-52(40-66(58)71)54-26-32-60-62-34-28-56(44-70(62)73(13-5,14-6)68(60)42-54)64-38-50-22-18-16-20-48(50)36-46(64)8/h15-44H,9-14H2,1-8H3. The first-order valence-corrected chi connectivity index (χ1v) is 27.5. The van der Waals surface area contributed by atoms with Crippen molar-refractivity contribution in [2.45, 2.75) is 110 Å². The van der Waals surface area contributed by atoms with Gasteiger partial charge in [-0.15, -0.1) is 0 Å². The summed E-state index contributed by atoms with van der Waals surface area (Å²) in [4.78, 5) is 0. The summed E-state index contributed by atoms with van der Waals surface area (Å²) in [5.41, 5.74) is 30.3. The van der Waals surface area contributed by atoms with Crippen molar-refractivity contribution in [1.82, 2.24) is 0 Å². The van der Waals surface area contributed by atoms with Crippen molar-refractivity contribution in [2.24, 2.45) is 0 Å². The van der Waals surface area contributed by atoms with Gasteiger partial charge < -0.3 is 0 Å². The van der Waals surface area contributed by atoms with Crippen LogP contribution >= 0.6 is 0 Å². The van der Waals surface area contributed by atoms with E-state index in [0.717, 1.165) is 38.5 Å². The first-order chi connectivity index (χ1) is 35.6. The molecule has 0 heterocycles. The van der Waals surface area contributed by atoms with Crippen molar-refractivity contribution in [2.75, 3.05) is 0 Å². The second kappa shape index (κ2) is 16.9. The highest BCUT2D eigenvalue weighted by Crippen LogP contribution is 2.58. The molecule has 0 atom stereocenters. The van der Waals surface area contributed by atoms with Gasteiger partial charge in [0.05, 0.1) is 0 Å². The summed E-state index contributed by atoms with van der Waals surface area (Å²) in [5.74, 6) is 0. The number of benzene rings is 10. The van der Waals surface area contributed by atoms with Crippen LogP contribution in [0.25, 0.3) is 99.4 Å². The molecule has 0 radical (unpaired) electrons. The van der Waals surface area contributed by atoms with Crippen LogP contribution in [-0.2, 0) is 16.2 Å². The van der Waals surface area contributed by atoms with Gasteiger partial charge in [0.1, 0.15) is 0 Å². The Morgan fingerprint density at radius 2 is 0.452 bits per heavy atom. The highest BCUT2D eigenvalue weighted by Gasteiger charge is 2.44. The van der Waals surface area contributed by atoms with Crippen molar-refractivity contribution in [3.05, 3.63) is 226 Å². The zero-order valence-corrected chi connectivity index (χ0v) is 44.1. The summed E-state index contributed by atoms with van der Waals surface area (Å²) >= 11 is 0. The van der Waals surface area contributed by atoms with Crippen LogP contribution in [0.2, 0.25) is 0 Å². The molecule has 0 fully saturated rings. The lowest BCUT2D eigenvalue weighted by atomic mass is 9.72. The molecule has 0 amide bonds. The van der Waals surface area contributed by atoms with Crippen molar-refractivity contribution >= 4 is 21.5 Å². The molecule has 0 nitrogen and oxygen atoms in total. The zero-order valence-electron chi connectivity index (χ0n) is 44.1. The highest BCUT2D eigenvalue weighted by molar-refractivity contribution is 5.94. The third-order valence-electron chi connectivity index (χ3n) is 19.2. The highest BCUT2D eigenvalue weighted by atomic mass is 14.5. The van der Waals surface area contributed by atoms with Crippen LogP contribution in [0, 0.1) is 13.8 Å². The molecule has 0 aliphatic heterocycles. The number of rotatable bonds is 10. The Labute approximate surface area is 433 Å². The molecule has 0 unspecified atom stereocenters. The predicted octanol–water partition coefficient (Wildman–Crippen LogP) is 20.5. The second-order valence-electron chi connectivity index (χ2n) is 22.0. The molecular weight excluding hydrogens is 877 g/mol. The number of fused-ring (bicyclic) bond motifs is 11. The fraction of sp³-hybridized carbons (Fsp3) is 0.233. The van der Waals surface area contributed by atoms with E-state index >= 15 is 0 Å². The van der Waals surface area contributed by atoms with Crippen LogP contribution < -0.4 is 0 Å². The van der Waals surface area contributed by atoms with E-state index in [1.807, 2.05) is 0 Å². The van der Waals surface area contributed by atoms with Crippen molar-refractivity contribution in [1.29, 1.82) is 0 Å². The van der Waals surface area contributed by atoms with E-state index in [1.165, 1.54) is 144 Å². The smallest absolute Gasteiger partial charge is 0.0210 e. The van der Waals surface area contributed by atoms with Gasteiger partial charge in [0.15, 0.2) is 0 Å². The third kappa shape index (κ3) is 6.45. The molecule has 3 aliphatic rings. The van der Waals surface area contributed by atoms with Gasteiger partial charge in [0.25, 0.3) is 0 Å². The molecule has 0 saturated heterocycles. The fourth-order valence-electron chi connectivity index (χ4n) is 14.9. The molecule has 0 aromatic heterocycles. The molecule has 10 aromatic carbocycles. The van der Waals surface area contributed by atoms with E-state index in [1.54, 1.807) is 0 Å². The van der Waals surface area contributed by atoms with Crippen LogP contribution in [0.3, 0.4) is 0 Å². The molecule has 0 saturated carbocycles. The summed E-state index contributed by atoms with van der Waals surface area (Å²) in [5, 5.41) is 5.20. The molecule has 73 heavy (non-hydrogen) atoms. The lowest BCUT2D eigenvalue weighted by Crippen LogP contribution is -2.23. The van der Waals surface area contributed by atoms with E-state index < -0.39 is 0 Å². The average Bonchev–Trinajstić information content (AvgIpc) is 4.00. The topological polar surface area (TPSA) is 0 Å². The molecule has 0 bridgehead atoms. The van der Waals surface area contributed by atoms with Gasteiger partial charge >= 0.3 is 0 Å². The molecule has 10 aromatic rings. The zero-order chi connectivity index (χ0) is 50.0. The van der Waals surface area contributed by atoms with Crippen molar-refractivity contribution in [3.63, 3.8) is 0 Å². The molecule has 13 rings (SSSR count). The maximum atomic E-state index is 2.57. The first kappa shape index (κ1) is 45.6. The van der Waals surface area contributed by atoms with Gasteiger partial charge in [-0.1, -0.05) is 175 Å². The van der Waals surface area contributed by atoms with Gasteiger partial charge in [-0.3, -0.25) is 0 Å². The normalized spacial score (nSPS) is 15.0. The van der Waals surface area contributed by atoms with Gasteiger partial charge in [-0.05, 0) is 245 Å². The van der Waals surface area contributed by atoms with E-state index in [-0.39, 0.29) is 16.2 Å². The Kier molecular flexibility index (Phi) is 10.5. The Balaban J connectivity index is 0.848. The van der Waals surface area contributed by atoms with E-state index in [0.29, 0.717) is 0 Å². The SMILES string of the molecule is CCC1(CC)c2cc(-c3ccc4c(c3)C(CC)(CC)c3cc(-c5cc6ccccc6cc5C)ccc3-4)ccc2-c2ccc(-c3ccc4c(c3)C(CC)(CC)c3cc(-c5cc6ccccc6cc5C)ccc3-4)cc21. The van der Waals surface area contributed by atoms with E-state index in [2.05, 4.69) is 237 Å². The largest absolute Gasteiger partial charge is 0.0642 e. The van der Waals surface area contributed by atoms with Crippen molar-refractivity contribution < 1.29 is 0 Å². The van der Waals surface area contributed by atoms with Gasteiger partial charge in [0.2, 0.25) is 0 Å². The van der Waals surface area contributed by atoms with Crippen LogP contribution in [0.4, 0.5) is 0 Å².